The monoisotopic (exact) mass is 480 g/mol. The molecule has 2 N–H and O–H groups in total. The minimum atomic E-state index is 0. The molecule has 0 saturated carbocycles. The van der Waals surface area contributed by atoms with Crippen molar-refractivity contribution in [1.82, 2.24) is 15.5 Å². The Bertz CT molecular complexity index is 492. The lowest BCUT2D eigenvalue weighted by atomic mass is 10.1. The second-order valence-electron chi connectivity index (χ2n) is 6.09. The van der Waals surface area contributed by atoms with Crippen LogP contribution >= 0.6 is 35.6 Å². The molecule has 1 atom stereocenters. The average molecular weight is 481 g/mol. The summed E-state index contributed by atoms with van der Waals surface area (Å²) in [7, 11) is 1.82. The van der Waals surface area contributed by atoms with Gasteiger partial charge in [-0.3, -0.25) is 4.99 Å². The number of nitrogens with zero attached hydrogens (tertiary/aromatic N) is 2. The molecule has 0 spiro atoms. The van der Waals surface area contributed by atoms with E-state index in [0.717, 1.165) is 43.5 Å². The van der Waals surface area contributed by atoms with Crippen molar-refractivity contribution in [1.29, 1.82) is 0 Å². The van der Waals surface area contributed by atoms with Crippen molar-refractivity contribution < 1.29 is 0 Å². The number of hydrogen-bond acceptors (Lipinski definition) is 2. The maximum Gasteiger partial charge on any atom is 0.191 e. The Balaban J connectivity index is 0.00000576. The number of aliphatic imine (C=N–C) groups is 1. The maximum absolute atomic E-state index is 6.01. The highest BCUT2D eigenvalue weighted by Gasteiger charge is 2.06. The van der Waals surface area contributed by atoms with Gasteiger partial charge < -0.3 is 15.5 Å². The topological polar surface area (TPSA) is 39.7 Å². The number of halogens is 2. The summed E-state index contributed by atoms with van der Waals surface area (Å²) in [5.41, 5.74) is 1.23. The zero-order valence-corrected chi connectivity index (χ0v) is 19.1. The third kappa shape index (κ3) is 10.9. The molecule has 1 aromatic carbocycles. The van der Waals surface area contributed by atoms with E-state index < -0.39 is 0 Å². The Hall–Kier alpha value is -0.530. The highest BCUT2D eigenvalue weighted by atomic mass is 127. The molecule has 0 aliphatic heterocycles. The van der Waals surface area contributed by atoms with Gasteiger partial charge in [-0.25, -0.2) is 0 Å². The molecule has 0 radical (unpaired) electrons. The molecule has 4 nitrogen and oxygen atoms in total. The summed E-state index contributed by atoms with van der Waals surface area (Å²) in [6.45, 7) is 10.9. The van der Waals surface area contributed by atoms with Gasteiger partial charge in [0.25, 0.3) is 0 Å². The van der Waals surface area contributed by atoms with Crippen LogP contribution in [0.2, 0.25) is 5.02 Å². The van der Waals surface area contributed by atoms with Gasteiger partial charge in [0.2, 0.25) is 0 Å². The van der Waals surface area contributed by atoms with E-state index >= 15 is 0 Å². The van der Waals surface area contributed by atoms with Crippen molar-refractivity contribution in [3.63, 3.8) is 0 Å². The first kappa shape index (κ1) is 24.5. The first-order valence-corrected chi connectivity index (χ1v) is 9.40. The van der Waals surface area contributed by atoms with Gasteiger partial charge in [-0.1, -0.05) is 37.6 Å². The number of nitrogens with one attached hydrogen (secondary N) is 2. The first-order chi connectivity index (χ1) is 11.6. The molecule has 0 bridgehead atoms. The molecule has 0 fully saturated rings. The molecular formula is C19H34ClIN4. The number of rotatable bonds is 10. The summed E-state index contributed by atoms with van der Waals surface area (Å²) in [6, 6.07) is 8.41. The van der Waals surface area contributed by atoms with Gasteiger partial charge in [0.1, 0.15) is 0 Å². The van der Waals surface area contributed by atoms with E-state index in [1.807, 2.05) is 25.2 Å². The van der Waals surface area contributed by atoms with E-state index in [4.69, 9.17) is 11.6 Å². The Kier molecular flexibility index (Phi) is 14.3. The van der Waals surface area contributed by atoms with E-state index in [2.05, 4.69) is 47.4 Å². The Morgan fingerprint density at radius 2 is 2.00 bits per heavy atom. The quantitative estimate of drug-likeness (QED) is 0.300. The zero-order valence-electron chi connectivity index (χ0n) is 16.0. The van der Waals surface area contributed by atoms with Crippen LogP contribution < -0.4 is 10.6 Å². The van der Waals surface area contributed by atoms with Crippen LogP contribution in [-0.2, 0) is 6.42 Å². The van der Waals surface area contributed by atoms with Crippen molar-refractivity contribution in [2.75, 3.05) is 33.2 Å². The fourth-order valence-corrected chi connectivity index (χ4v) is 2.89. The summed E-state index contributed by atoms with van der Waals surface area (Å²) in [6.07, 6.45) is 3.28. The van der Waals surface area contributed by atoms with Crippen LogP contribution in [0.1, 0.15) is 39.2 Å². The van der Waals surface area contributed by atoms with Crippen LogP contribution in [0.3, 0.4) is 0 Å². The number of guanidine groups is 1. The van der Waals surface area contributed by atoms with Crippen LogP contribution in [-0.4, -0.2) is 50.1 Å². The second-order valence-corrected chi connectivity index (χ2v) is 6.53. The molecule has 0 heterocycles. The lowest BCUT2D eigenvalue weighted by Gasteiger charge is -2.21. The number of hydrogen-bond donors (Lipinski definition) is 2. The van der Waals surface area contributed by atoms with Gasteiger partial charge in [-0.05, 0) is 63.5 Å². The highest BCUT2D eigenvalue weighted by molar-refractivity contribution is 14.0. The molecule has 1 aromatic rings. The van der Waals surface area contributed by atoms with E-state index in [1.165, 1.54) is 18.5 Å². The van der Waals surface area contributed by atoms with E-state index in [-0.39, 0.29) is 24.0 Å². The molecule has 6 heteroatoms. The fraction of sp³-hybridized carbons (Fsp3) is 0.632. The summed E-state index contributed by atoms with van der Waals surface area (Å²) in [5.74, 6) is 0.868. The second kappa shape index (κ2) is 14.6. The molecule has 1 unspecified atom stereocenters. The molecule has 0 amide bonds. The average Bonchev–Trinajstić information content (AvgIpc) is 2.58. The highest BCUT2D eigenvalue weighted by Crippen LogP contribution is 2.10. The molecule has 144 valence electrons. The Labute approximate surface area is 175 Å². The van der Waals surface area contributed by atoms with Crippen LogP contribution in [0, 0.1) is 0 Å². The lowest BCUT2D eigenvalue weighted by molar-refractivity contribution is 0.292. The van der Waals surface area contributed by atoms with Crippen LogP contribution in [0.4, 0.5) is 0 Å². The molecule has 1 rings (SSSR count). The predicted molar refractivity (Wildman–Crippen MR) is 122 cm³/mol. The predicted octanol–water partition coefficient (Wildman–Crippen LogP) is 4.18. The maximum atomic E-state index is 6.01. The van der Waals surface area contributed by atoms with Crippen molar-refractivity contribution >= 4 is 41.5 Å². The molecular weight excluding hydrogens is 447 g/mol. The molecule has 0 aromatic heterocycles. The van der Waals surface area contributed by atoms with Gasteiger partial charge in [0.15, 0.2) is 5.96 Å². The van der Waals surface area contributed by atoms with Gasteiger partial charge >= 0.3 is 0 Å². The van der Waals surface area contributed by atoms with Crippen molar-refractivity contribution in [2.45, 2.75) is 46.1 Å². The van der Waals surface area contributed by atoms with Gasteiger partial charge in [0.05, 0.1) is 0 Å². The van der Waals surface area contributed by atoms with Gasteiger partial charge in [-0.2, -0.15) is 0 Å². The third-order valence-electron chi connectivity index (χ3n) is 4.21. The minimum absolute atomic E-state index is 0. The summed E-state index contributed by atoms with van der Waals surface area (Å²) < 4.78 is 0. The Morgan fingerprint density at radius 1 is 1.28 bits per heavy atom. The molecule has 0 aliphatic rings. The number of benzene rings is 1. The molecule has 0 saturated heterocycles. The lowest BCUT2D eigenvalue weighted by Crippen LogP contribution is -2.43. The largest absolute Gasteiger partial charge is 0.356 e. The SMILES string of the molecule is CCN(CC)CCCC(C)NC(=NC)NCCc1cccc(Cl)c1.I. The van der Waals surface area contributed by atoms with E-state index in [0.29, 0.717) is 6.04 Å². The third-order valence-corrected chi connectivity index (χ3v) is 4.44. The van der Waals surface area contributed by atoms with Gasteiger partial charge in [0, 0.05) is 24.7 Å². The van der Waals surface area contributed by atoms with Crippen molar-refractivity contribution in [3.8, 4) is 0 Å². The van der Waals surface area contributed by atoms with Crippen molar-refractivity contribution in [2.24, 2.45) is 4.99 Å². The smallest absolute Gasteiger partial charge is 0.191 e. The Morgan fingerprint density at radius 3 is 2.60 bits per heavy atom. The summed E-state index contributed by atoms with van der Waals surface area (Å²) in [5, 5.41) is 7.63. The van der Waals surface area contributed by atoms with E-state index in [9.17, 15) is 0 Å². The normalized spacial score (nSPS) is 12.6. The standard InChI is InChI=1S/C19H33ClN4.HI/c1-5-24(6-2)14-8-9-16(3)23-19(21-4)22-13-12-17-10-7-11-18(20)15-17;/h7,10-11,15-16H,5-6,8-9,12-14H2,1-4H3,(H2,21,22,23);1H. The van der Waals surface area contributed by atoms with Crippen molar-refractivity contribution in [3.05, 3.63) is 34.9 Å². The van der Waals surface area contributed by atoms with Crippen LogP contribution in [0.15, 0.2) is 29.3 Å². The zero-order chi connectivity index (χ0) is 17.8. The fourth-order valence-electron chi connectivity index (χ4n) is 2.68. The van der Waals surface area contributed by atoms with Gasteiger partial charge in [-0.15, -0.1) is 24.0 Å². The first-order valence-electron chi connectivity index (χ1n) is 9.03. The summed E-state index contributed by atoms with van der Waals surface area (Å²) in [4.78, 5) is 6.77. The van der Waals surface area contributed by atoms with Crippen LogP contribution in [0.5, 0.6) is 0 Å². The molecule has 0 aliphatic carbocycles. The minimum Gasteiger partial charge on any atom is -0.356 e. The molecule has 25 heavy (non-hydrogen) atoms. The van der Waals surface area contributed by atoms with E-state index in [1.54, 1.807) is 0 Å². The summed E-state index contributed by atoms with van der Waals surface area (Å²) >= 11 is 6.01. The van der Waals surface area contributed by atoms with Crippen LogP contribution in [0.25, 0.3) is 0 Å².